The minimum Gasteiger partial charge on any atom is -0.399 e. The van der Waals surface area contributed by atoms with Gasteiger partial charge in [-0.2, -0.15) is 0 Å². The lowest BCUT2D eigenvalue weighted by Gasteiger charge is -2.07. The highest BCUT2D eigenvalue weighted by molar-refractivity contribution is 9.10. The molecule has 0 saturated carbocycles. The van der Waals surface area contributed by atoms with Gasteiger partial charge in [-0.3, -0.25) is 14.9 Å². The zero-order valence-corrected chi connectivity index (χ0v) is 11.8. The third kappa shape index (κ3) is 3.12. The topological polar surface area (TPSA) is 98.3 Å². The van der Waals surface area contributed by atoms with Crippen molar-refractivity contribution in [1.82, 2.24) is 0 Å². The Morgan fingerprint density at radius 1 is 1.25 bits per heavy atom. The average Bonchev–Trinajstić information content (AvgIpc) is 2.40. The maximum Gasteiger partial charge on any atom is 0.270 e. The first-order chi connectivity index (χ1) is 9.47. The number of amides is 1. The summed E-state index contributed by atoms with van der Waals surface area (Å²) in [5.41, 5.74) is 6.90. The van der Waals surface area contributed by atoms with Gasteiger partial charge >= 0.3 is 0 Å². The standard InChI is InChI=1S/C13H10BrN3O3/c14-11-7-10(17(19)20)4-5-12(11)16-13(18)8-2-1-3-9(15)6-8/h1-7H,15H2,(H,16,18). The molecule has 0 spiro atoms. The molecule has 7 heteroatoms. The number of nitro benzene ring substituents is 1. The molecule has 0 bridgehead atoms. The molecule has 0 unspecified atom stereocenters. The number of rotatable bonds is 3. The molecule has 0 aliphatic carbocycles. The van der Waals surface area contributed by atoms with Crippen LogP contribution in [0.4, 0.5) is 17.1 Å². The maximum absolute atomic E-state index is 12.0. The van der Waals surface area contributed by atoms with Crippen molar-refractivity contribution in [1.29, 1.82) is 0 Å². The molecule has 0 heterocycles. The van der Waals surface area contributed by atoms with E-state index >= 15 is 0 Å². The molecule has 0 aliphatic rings. The number of carbonyl (C=O) groups is 1. The molecule has 2 aromatic rings. The van der Waals surface area contributed by atoms with Crippen LogP contribution in [0.15, 0.2) is 46.9 Å². The third-order valence-corrected chi connectivity index (χ3v) is 3.22. The summed E-state index contributed by atoms with van der Waals surface area (Å²) in [5.74, 6) is -0.341. The van der Waals surface area contributed by atoms with E-state index in [1.165, 1.54) is 18.2 Å². The Morgan fingerprint density at radius 2 is 2.00 bits per heavy atom. The highest BCUT2D eigenvalue weighted by Crippen LogP contribution is 2.27. The zero-order chi connectivity index (χ0) is 14.7. The van der Waals surface area contributed by atoms with Crippen molar-refractivity contribution in [2.24, 2.45) is 0 Å². The number of benzene rings is 2. The van der Waals surface area contributed by atoms with Crippen LogP contribution in [0.5, 0.6) is 0 Å². The fourth-order valence-corrected chi connectivity index (χ4v) is 2.06. The Morgan fingerprint density at radius 3 is 2.60 bits per heavy atom. The fraction of sp³-hybridized carbons (Fsp3) is 0. The number of non-ortho nitro benzene ring substituents is 1. The highest BCUT2D eigenvalue weighted by Gasteiger charge is 2.12. The predicted molar refractivity (Wildman–Crippen MR) is 79.6 cm³/mol. The smallest absolute Gasteiger partial charge is 0.270 e. The Balaban J connectivity index is 2.22. The van der Waals surface area contributed by atoms with Gasteiger partial charge in [-0.25, -0.2) is 0 Å². The van der Waals surface area contributed by atoms with Gasteiger partial charge in [-0.15, -0.1) is 0 Å². The predicted octanol–water partition coefficient (Wildman–Crippen LogP) is 3.19. The summed E-state index contributed by atoms with van der Waals surface area (Å²) < 4.78 is 0.434. The second kappa shape index (κ2) is 5.70. The van der Waals surface area contributed by atoms with Crippen LogP contribution in [0, 0.1) is 10.1 Å². The zero-order valence-electron chi connectivity index (χ0n) is 10.2. The molecule has 0 aliphatic heterocycles. The number of nitrogens with two attached hydrogens (primary N) is 1. The van der Waals surface area contributed by atoms with Crippen molar-refractivity contribution in [3.63, 3.8) is 0 Å². The summed E-state index contributed by atoms with van der Waals surface area (Å²) in [6, 6.07) is 10.6. The monoisotopic (exact) mass is 335 g/mol. The summed E-state index contributed by atoms with van der Waals surface area (Å²) in [7, 11) is 0. The number of nitro groups is 1. The van der Waals surface area contributed by atoms with Crippen LogP contribution in [0.1, 0.15) is 10.4 Å². The van der Waals surface area contributed by atoms with E-state index in [0.29, 0.717) is 21.4 Å². The third-order valence-electron chi connectivity index (χ3n) is 2.56. The van der Waals surface area contributed by atoms with Crippen LogP contribution in [0.2, 0.25) is 0 Å². The molecule has 0 saturated heterocycles. The van der Waals surface area contributed by atoms with Crippen LogP contribution in [0.3, 0.4) is 0 Å². The van der Waals surface area contributed by atoms with Gasteiger partial charge in [0.2, 0.25) is 0 Å². The Hall–Kier alpha value is -2.41. The van der Waals surface area contributed by atoms with Gasteiger partial charge < -0.3 is 11.1 Å². The van der Waals surface area contributed by atoms with E-state index in [2.05, 4.69) is 21.2 Å². The van der Waals surface area contributed by atoms with Gasteiger partial charge in [0.05, 0.1) is 10.6 Å². The molecule has 20 heavy (non-hydrogen) atoms. The Bertz CT molecular complexity index is 688. The number of hydrogen-bond donors (Lipinski definition) is 2. The molecule has 0 fully saturated rings. The molecule has 102 valence electrons. The van der Waals surface area contributed by atoms with E-state index in [4.69, 9.17) is 5.73 Å². The van der Waals surface area contributed by atoms with Gasteiger partial charge in [-0.05, 0) is 40.2 Å². The van der Waals surface area contributed by atoms with Crippen molar-refractivity contribution < 1.29 is 9.72 Å². The van der Waals surface area contributed by atoms with Crippen LogP contribution in [0.25, 0.3) is 0 Å². The van der Waals surface area contributed by atoms with Crippen molar-refractivity contribution in [2.75, 3.05) is 11.1 Å². The van der Waals surface area contributed by atoms with Crippen LogP contribution in [-0.4, -0.2) is 10.8 Å². The average molecular weight is 336 g/mol. The molecule has 3 N–H and O–H groups in total. The van der Waals surface area contributed by atoms with Crippen LogP contribution >= 0.6 is 15.9 Å². The second-order valence-corrected chi connectivity index (χ2v) is 4.86. The largest absolute Gasteiger partial charge is 0.399 e. The summed E-state index contributed by atoms with van der Waals surface area (Å²) in [4.78, 5) is 22.1. The lowest BCUT2D eigenvalue weighted by molar-refractivity contribution is -0.384. The molecular weight excluding hydrogens is 326 g/mol. The van der Waals surface area contributed by atoms with Crippen molar-refractivity contribution in [2.45, 2.75) is 0 Å². The minimum absolute atomic E-state index is 0.0566. The lowest BCUT2D eigenvalue weighted by atomic mass is 10.2. The lowest BCUT2D eigenvalue weighted by Crippen LogP contribution is -2.12. The second-order valence-electron chi connectivity index (χ2n) is 4.00. The van der Waals surface area contributed by atoms with Crippen molar-refractivity contribution in [3.8, 4) is 0 Å². The van der Waals surface area contributed by atoms with Crippen molar-refractivity contribution >= 4 is 38.9 Å². The fourth-order valence-electron chi connectivity index (χ4n) is 1.59. The van der Waals surface area contributed by atoms with E-state index in [9.17, 15) is 14.9 Å². The Kier molecular flexibility index (Phi) is 3.99. The van der Waals surface area contributed by atoms with E-state index in [1.54, 1.807) is 24.3 Å². The number of nitrogens with one attached hydrogen (secondary N) is 1. The first-order valence-electron chi connectivity index (χ1n) is 5.58. The number of halogens is 1. The molecule has 0 atom stereocenters. The maximum atomic E-state index is 12.0. The van der Waals surface area contributed by atoms with E-state index < -0.39 is 4.92 Å². The highest BCUT2D eigenvalue weighted by atomic mass is 79.9. The molecule has 0 aromatic heterocycles. The molecule has 2 aromatic carbocycles. The molecule has 0 radical (unpaired) electrons. The molecule has 1 amide bonds. The number of nitrogen functional groups attached to an aromatic ring is 1. The SMILES string of the molecule is Nc1cccc(C(=O)Nc2ccc([N+](=O)[O-])cc2Br)c1. The van der Waals surface area contributed by atoms with Gasteiger partial charge in [0.1, 0.15) is 0 Å². The quantitative estimate of drug-likeness (QED) is 0.511. The van der Waals surface area contributed by atoms with E-state index in [1.807, 2.05) is 0 Å². The van der Waals surface area contributed by atoms with Crippen molar-refractivity contribution in [3.05, 3.63) is 62.6 Å². The first-order valence-corrected chi connectivity index (χ1v) is 6.37. The Labute approximate surface area is 122 Å². The number of anilines is 2. The van der Waals surface area contributed by atoms with Gasteiger partial charge in [-0.1, -0.05) is 6.07 Å². The molecular formula is C13H10BrN3O3. The number of carbonyl (C=O) groups excluding carboxylic acids is 1. The van der Waals surface area contributed by atoms with Gasteiger partial charge in [0, 0.05) is 27.9 Å². The number of hydrogen-bond acceptors (Lipinski definition) is 4. The minimum atomic E-state index is -0.506. The van der Waals surface area contributed by atoms with E-state index in [-0.39, 0.29) is 11.6 Å². The number of nitrogens with zero attached hydrogens (tertiary/aromatic N) is 1. The normalized spacial score (nSPS) is 10.1. The van der Waals surface area contributed by atoms with Gasteiger partial charge in [0.25, 0.3) is 11.6 Å². The summed E-state index contributed by atoms with van der Waals surface area (Å²) in [6.45, 7) is 0. The summed E-state index contributed by atoms with van der Waals surface area (Å²) in [5, 5.41) is 13.3. The summed E-state index contributed by atoms with van der Waals surface area (Å²) in [6.07, 6.45) is 0. The van der Waals surface area contributed by atoms with E-state index in [0.717, 1.165) is 0 Å². The molecule has 6 nitrogen and oxygen atoms in total. The summed E-state index contributed by atoms with van der Waals surface area (Å²) >= 11 is 3.19. The van der Waals surface area contributed by atoms with Gasteiger partial charge in [0.15, 0.2) is 0 Å². The van der Waals surface area contributed by atoms with Crippen LogP contribution < -0.4 is 11.1 Å². The first kappa shape index (κ1) is 14.0. The molecule has 2 rings (SSSR count). The van der Waals surface area contributed by atoms with Crippen LogP contribution in [-0.2, 0) is 0 Å².